The Labute approximate surface area is 120 Å². The van der Waals surface area contributed by atoms with E-state index in [1.165, 1.54) is 17.0 Å². The van der Waals surface area contributed by atoms with Gasteiger partial charge in [-0.15, -0.1) is 11.3 Å². The normalized spacial score (nSPS) is 15.5. The zero-order chi connectivity index (χ0) is 13.4. The van der Waals surface area contributed by atoms with Gasteiger partial charge in [-0.3, -0.25) is 0 Å². The zero-order valence-corrected chi connectivity index (χ0v) is 12.1. The molecule has 0 spiro atoms. The summed E-state index contributed by atoms with van der Waals surface area (Å²) in [6.07, 6.45) is 3.33. The van der Waals surface area contributed by atoms with Gasteiger partial charge in [-0.1, -0.05) is 23.7 Å². The van der Waals surface area contributed by atoms with E-state index in [9.17, 15) is 4.39 Å². The van der Waals surface area contributed by atoms with Crippen molar-refractivity contribution in [1.29, 1.82) is 0 Å². The summed E-state index contributed by atoms with van der Waals surface area (Å²) in [5.74, 6) is -0.362. The molecule has 1 heterocycles. The van der Waals surface area contributed by atoms with E-state index in [1.807, 2.05) is 7.05 Å². The van der Waals surface area contributed by atoms with Gasteiger partial charge in [0.2, 0.25) is 0 Å². The number of benzene rings is 1. The second-order valence-corrected chi connectivity index (χ2v) is 6.16. The maximum atomic E-state index is 14.1. The van der Waals surface area contributed by atoms with Gasteiger partial charge in [-0.25, -0.2) is 9.37 Å². The molecule has 5 heteroatoms. The summed E-state index contributed by atoms with van der Waals surface area (Å²) in [5.41, 5.74) is 1.74. The number of fused-ring (bicyclic) bond motifs is 1. The van der Waals surface area contributed by atoms with E-state index in [-0.39, 0.29) is 16.9 Å². The lowest BCUT2D eigenvalue weighted by molar-refractivity contribution is 0.575. The number of rotatable bonds is 3. The maximum absolute atomic E-state index is 14.1. The van der Waals surface area contributed by atoms with E-state index >= 15 is 0 Å². The predicted molar refractivity (Wildman–Crippen MR) is 76.5 cm³/mol. The second kappa shape index (κ2) is 5.19. The number of nitrogens with one attached hydrogen (secondary N) is 1. The number of aryl methyl sites for hydroxylation is 2. The molecule has 1 N–H and O–H groups in total. The second-order valence-electron chi connectivity index (χ2n) is 4.64. The molecule has 3 rings (SSSR count). The number of hydrogen-bond acceptors (Lipinski definition) is 3. The third-order valence-electron chi connectivity index (χ3n) is 3.44. The summed E-state index contributed by atoms with van der Waals surface area (Å²) >= 11 is 7.54. The molecule has 1 aliphatic rings. The van der Waals surface area contributed by atoms with Gasteiger partial charge in [0.15, 0.2) is 0 Å². The van der Waals surface area contributed by atoms with Crippen LogP contribution in [0.4, 0.5) is 4.39 Å². The van der Waals surface area contributed by atoms with Gasteiger partial charge in [-0.05, 0) is 32.4 Å². The van der Waals surface area contributed by atoms with Crippen molar-refractivity contribution in [2.75, 3.05) is 7.05 Å². The molecule has 1 aromatic heterocycles. The lowest BCUT2D eigenvalue weighted by atomic mass is 10.1. The van der Waals surface area contributed by atoms with E-state index in [0.717, 1.165) is 17.8 Å². The van der Waals surface area contributed by atoms with E-state index in [0.29, 0.717) is 5.56 Å². The van der Waals surface area contributed by atoms with E-state index in [1.54, 1.807) is 29.5 Å². The fourth-order valence-corrected chi connectivity index (χ4v) is 3.95. The van der Waals surface area contributed by atoms with Crippen molar-refractivity contribution in [1.82, 2.24) is 10.3 Å². The molecule has 0 fully saturated rings. The van der Waals surface area contributed by atoms with Gasteiger partial charge in [0, 0.05) is 10.4 Å². The minimum atomic E-state index is -0.362. The standard InChI is InChI=1S/C14H14ClFN2S/c1-17-13(8-4-2-5-9(15)12(8)16)14-18-10-6-3-7-11(10)19-14/h2,4-5,13,17H,3,6-7H2,1H3. The molecular weight excluding hydrogens is 283 g/mol. The predicted octanol–water partition coefficient (Wildman–Crippen LogP) is 3.73. The van der Waals surface area contributed by atoms with Gasteiger partial charge in [0.05, 0.1) is 16.8 Å². The minimum absolute atomic E-state index is 0.154. The highest BCUT2D eigenvalue weighted by Gasteiger charge is 2.24. The molecule has 0 amide bonds. The summed E-state index contributed by atoms with van der Waals surface area (Å²) < 4.78 is 14.1. The molecule has 0 radical (unpaired) electrons. The average molecular weight is 297 g/mol. The summed E-state index contributed by atoms with van der Waals surface area (Å²) in [6.45, 7) is 0. The van der Waals surface area contributed by atoms with Crippen LogP contribution in [-0.2, 0) is 12.8 Å². The Balaban J connectivity index is 2.02. The molecule has 100 valence electrons. The summed E-state index contributed by atoms with van der Waals surface area (Å²) in [5, 5.41) is 4.22. The van der Waals surface area contributed by atoms with Crippen LogP contribution in [0.15, 0.2) is 18.2 Å². The first-order valence-corrected chi connectivity index (χ1v) is 7.50. The Morgan fingerprint density at radius 3 is 3.00 bits per heavy atom. The van der Waals surface area contributed by atoms with Gasteiger partial charge < -0.3 is 5.32 Å². The highest BCUT2D eigenvalue weighted by atomic mass is 35.5. The zero-order valence-electron chi connectivity index (χ0n) is 10.5. The van der Waals surface area contributed by atoms with Crippen LogP contribution in [0.3, 0.4) is 0 Å². The molecule has 1 atom stereocenters. The summed E-state index contributed by atoms with van der Waals surface area (Å²) in [6, 6.07) is 4.87. The van der Waals surface area contributed by atoms with Crippen LogP contribution in [0.1, 0.15) is 33.6 Å². The third kappa shape index (κ3) is 2.29. The van der Waals surface area contributed by atoms with E-state index in [4.69, 9.17) is 11.6 Å². The van der Waals surface area contributed by atoms with Crippen LogP contribution >= 0.6 is 22.9 Å². The Morgan fingerprint density at radius 1 is 1.42 bits per heavy atom. The fraction of sp³-hybridized carbons (Fsp3) is 0.357. The first-order valence-electron chi connectivity index (χ1n) is 6.30. The van der Waals surface area contributed by atoms with Crippen molar-refractivity contribution in [3.63, 3.8) is 0 Å². The van der Waals surface area contributed by atoms with Crippen molar-refractivity contribution >= 4 is 22.9 Å². The van der Waals surface area contributed by atoms with Gasteiger partial charge in [-0.2, -0.15) is 0 Å². The molecular formula is C14H14ClFN2S. The largest absolute Gasteiger partial charge is 0.307 e. The molecule has 1 aliphatic carbocycles. The molecule has 2 aromatic rings. The van der Waals surface area contributed by atoms with Crippen LogP contribution in [0.5, 0.6) is 0 Å². The van der Waals surface area contributed by atoms with Crippen molar-refractivity contribution in [3.05, 3.63) is 50.2 Å². The summed E-state index contributed by atoms with van der Waals surface area (Å²) in [7, 11) is 1.82. The highest BCUT2D eigenvalue weighted by molar-refractivity contribution is 7.11. The molecule has 0 saturated heterocycles. The van der Waals surface area contributed by atoms with Crippen molar-refractivity contribution in [2.24, 2.45) is 0 Å². The van der Waals surface area contributed by atoms with Crippen LogP contribution in [0.25, 0.3) is 0 Å². The maximum Gasteiger partial charge on any atom is 0.146 e. The van der Waals surface area contributed by atoms with Crippen molar-refractivity contribution in [3.8, 4) is 0 Å². The fourth-order valence-electron chi connectivity index (χ4n) is 2.49. The average Bonchev–Trinajstić information content (AvgIpc) is 2.96. The van der Waals surface area contributed by atoms with Gasteiger partial charge in [0.25, 0.3) is 0 Å². The first kappa shape index (κ1) is 13.0. The Morgan fingerprint density at radius 2 is 2.26 bits per heavy atom. The van der Waals surface area contributed by atoms with Crippen molar-refractivity contribution in [2.45, 2.75) is 25.3 Å². The van der Waals surface area contributed by atoms with Gasteiger partial charge >= 0.3 is 0 Å². The number of thiazole rings is 1. The number of nitrogens with zero attached hydrogens (tertiary/aromatic N) is 1. The topological polar surface area (TPSA) is 24.9 Å². The molecule has 0 saturated carbocycles. The van der Waals surface area contributed by atoms with Crippen LogP contribution < -0.4 is 5.32 Å². The molecule has 2 nitrogen and oxygen atoms in total. The number of aromatic nitrogens is 1. The SMILES string of the molecule is CNC(c1nc2c(s1)CCC2)c1cccc(Cl)c1F. The number of hydrogen-bond donors (Lipinski definition) is 1. The molecule has 0 bridgehead atoms. The third-order valence-corrected chi connectivity index (χ3v) is 4.95. The van der Waals surface area contributed by atoms with E-state index in [2.05, 4.69) is 10.3 Å². The first-order chi connectivity index (χ1) is 9.20. The van der Waals surface area contributed by atoms with E-state index < -0.39 is 0 Å². The molecule has 19 heavy (non-hydrogen) atoms. The lowest BCUT2D eigenvalue weighted by Gasteiger charge is -2.15. The number of halogens is 2. The molecule has 1 aromatic carbocycles. The van der Waals surface area contributed by atoms with Gasteiger partial charge in [0.1, 0.15) is 10.8 Å². The Kier molecular flexibility index (Phi) is 3.56. The molecule has 0 aliphatic heterocycles. The molecule has 1 unspecified atom stereocenters. The van der Waals surface area contributed by atoms with Crippen molar-refractivity contribution < 1.29 is 4.39 Å². The highest BCUT2D eigenvalue weighted by Crippen LogP contribution is 2.34. The Bertz CT molecular complexity index is 590. The van der Waals surface area contributed by atoms with Crippen LogP contribution in [0.2, 0.25) is 5.02 Å². The quantitative estimate of drug-likeness (QED) is 0.933. The minimum Gasteiger partial charge on any atom is -0.307 e. The monoisotopic (exact) mass is 296 g/mol. The summed E-state index contributed by atoms with van der Waals surface area (Å²) in [4.78, 5) is 6.00. The van der Waals surface area contributed by atoms with Crippen LogP contribution in [-0.4, -0.2) is 12.0 Å². The van der Waals surface area contributed by atoms with Crippen LogP contribution in [0, 0.1) is 5.82 Å². The lowest BCUT2D eigenvalue weighted by Crippen LogP contribution is -2.19. The smallest absolute Gasteiger partial charge is 0.146 e. The Hall–Kier alpha value is -0.970.